The summed E-state index contributed by atoms with van der Waals surface area (Å²) in [7, 11) is 3.92. The summed E-state index contributed by atoms with van der Waals surface area (Å²) < 4.78 is 1.79. The molecule has 0 spiro atoms. The number of hydrogen-bond donors (Lipinski definition) is 2. The minimum atomic E-state index is 0.661. The van der Waals surface area contributed by atoms with Gasteiger partial charge in [0, 0.05) is 44.3 Å². The Bertz CT molecular complexity index is 890. The highest BCUT2D eigenvalue weighted by Gasteiger charge is 2.10. The number of aromatic nitrogens is 4. The van der Waals surface area contributed by atoms with Crippen LogP contribution in [-0.2, 0) is 20.0 Å². The van der Waals surface area contributed by atoms with Crippen LogP contribution in [0, 0.1) is 6.92 Å². The molecule has 138 valence electrons. The number of aryl methyl sites for hydroxylation is 2. The Hall–Kier alpha value is -2.83. The average molecular weight is 353 g/mol. The Morgan fingerprint density at radius 3 is 2.96 bits per heavy atom. The first-order valence-electron chi connectivity index (χ1n) is 8.98. The zero-order valence-corrected chi connectivity index (χ0v) is 16.0. The second-order valence-corrected chi connectivity index (χ2v) is 6.45. The van der Waals surface area contributed by atoms with E-state index in [-0.39, 0.29) is 0 Å². The maximum absolute atomic E-state index is 4.79. The van der Waals surface area contributed by atoms with Crippen LogP contribution in [0.15, 0.2) is 35.7 Å². The Balaban J connectivity index is 1.68. The molecular weight excluding hydrogens is 326 g/mol. The second kappa shape index (κ2) is 8.03. The molecule has 0 aliphatic heterocycles. The molecule has 0 unspecified atom stereocenters. The molecule has 2 heterocycles. The van der Waals surface area contributed by atoms with Gasteiger partial charge in [0.25, 0.3) is 0 Å². The van der Waals surface area contributed by atoms with Gasteiger partial charge in [0.2, 0.25) is 0 Å². The molecule has 0 saturated carbocycles. The number of benzene rings is 1. The lowest BCUT2D eigenvalue weighted by atomic mass is 10.1. The number of rotatable bonds is 6. The number of fused-ring (bicyclic) bond motifs is 1. The van der Waals surface area contributed by atoms with Gasteiger partial charge in [0.1, 0.15) is 12.2 Å². The molecule has 0 saturated heterocycles. The van der Waals surface area contributed by atoms with Crippen molar-refractivity contribution in [2.45, 2.75) is 26.8 Å². The van der Waals surface area contributed by atoms with E-state index in [2.05, 4.69) is 63.5 Å². The summed E-state index contributed by atoms with van der Waals surface area (Å²) in [5.41, 5.74) is 3.80. The number of aliphatic imine (C=N–C) groups is 1. The number of nitrogens with one attached hydrogen (secondary N) is 2. The highest BCUT2D eigenvalue weighted by atomic mass is 15.4. The molecule has 2 aromatic heterocycles. The van der Waals surface area contributed by atoms with Gasteiger partial charge in [-0.1, -0.05) is 18.2 Å². The third-order valence-electron chi connectivity index (χ3n) is 4.53. The van der Waals surface area contributed by atoms with Crippen molar-refractivity contribution in [2.75, 3.05) is 20.1 Å². The van der Waals surface area contributed by atoms with E-state index in [0.29, 0.717) is 6.54 Å². The topological polar surface area (TPSA) is 74.1 Å². The van der Waals surface area contributed by atoms with Gasteiger partial charge in [0.15, 0.2) is 5.96 Å². The van der Waals surface area contributed by atoms with Gasteiger partial charge in [-0.3, -0.25) is 9.67 Å². The van der Waals surface area contributed by atoms with E-state index in [0.717, 1.165) is 31.3 Å². The largest absolute Gasteiger partial charge is 0.361 e. The molecule has 0 atom stereocenters. The lowest BCUT2D eigenvalue weighted by Gasteiger charge is -2.21. The summed E-state index contributed by atoms with van der Waals surface area (Å²) >= 11 is 0. The highest BCUT2D eigenvalue weighted by Crippen LogP contribution is 2.21. The summed E-state index contributed by atoms with van der Waals surface area (Å²) in [6, 6.07) is 6.41. The third-order valence-corrected chi connectivity index (χ3v) is 4.53. The molecular formula is C19H27N7. The minimum absolute atomic E-state index is 0.661. The van der Waals surface area contributed by atoms with Crippen molar-refractivity contribution in [1.82, 2.24) is 30.0 Å². The molecule has 2 N–H and O–H groups in total. The van der Waals surface area contributed by atoms with E-state index < -0.39 is 0 Å². The van der Waals surface area contributed by atoms with Crippen LogP contribution in [-0.4, -0.2) is 50.7 Å². The van der Waals surface area contributed by atoms with Crippen LogP contribution in [0.4, 0.5) is 0 Å². The number of nitrogens with zero attached hydrogens (tertiary/aromatic N) is 5. The fourth-order valence-electron chi connectivity index (χ4n) is 3.07. The van der Waals surface area contributed by atoms with Crippen LogP contribution < -0.4 is 5.32 Å². The zero-order chi connectivity index (χ0) is 18.5. The smallest absolute Gasteiger partial charge is 0.194 e. The molecule has 7 nitrogen and oxygen atoms in total. The first kappa shape index (κ1) is 18.0. The van der Waals surface area contributed by atoms with Crippen LogP contribution in [0.5, 0.6) is 0 Å². The number of H-pyrrole nitrogens is 1. The zero-order valence-electron chi connectivity index (χ0n) is 16.0. The SMILES string of the molecule is CCNC(=NCCc1c[nH]c2c(C)cccc12)N(C)Cc1ncnn1C. The van der Waals surface area contributed by atoms with Crippen LogP contribution in [0.2, 0.25) is 0 Å². The summed E-state index contributed by atoms with van der Waals surface area (Å²) in [6.45, 7) is 6.43. The predicted octanol–water partition coefficient (Wildman–Crippen LogP) is 2.24. The molecule has 3 rings (SSSR count). The van der Waals surface area contributed by atoms with E-state index in [1.54, 1.807) is 11.0 Å². The standard InChI is InChI=1S/C19H27N7/c1-5-20-19(25(3)12-17-23-13-24-26(17)4)21-10-9-15-11-22-18-14(2)7-6-8-16(15)18/h6-8,11,13,22H,5,9-10,12H2,1-4H3,(H,20,21). The lowest BCUT2D eigenvalue weighted by molar-refractivity contribution is 0.449. The van der Waals surface area contributed by atoms with Crippen molar-refractivity contribution < 1.29 is 0 Å². The van der Waals surface area contributed by atoms with Gasteiger partial charge in [0.05, 0.1) is 6.54 Å². The van der Waals surface area contributed by atoms with E-state index in [9.17, 15) is 0 Å². The Morgan fingerprint density at radius 1 is 1.38 bits per heavy atom. The van der Waals surface area contributed by atoms with Gasteiger partial charge in [-0.25, -0.2) is 4.98 Å². The maximum Gasteiger partial charge on any atom is 0.194 e. The first-order valence-corrected chi connectivity index (χ1v) is 8.98. The molecule has 3 aromatic rings. The number of para-hydroxylation sites is 1. The minimum Gasteiger partial charge on any atom is -0.361 e. The third kappa shape index (κ3) is 3.87. The number of aromatic amines is 1. The number of hydrogen-bond acceptors (Lipinski definition) is 3. The second-order valence-electron chi connectivity index (χ2n) is 6.45. The predicted molar refractivity (Wildman–Crippen MR) is 105 cm³/mol. The molecule has 0 fully saturated rings. The maximum atomic E-state index is 4.79. The molecule has 0 bridgehead atoms. The van der Waals surface area contributed by atoms with Gasteiger partial charge < -0.3 is 15.2 Å². The fourth-order valence-corrected chi connectivity index (χ4v) is 3.07. The quantitative estimate of drug-likeness (QED) is 0.526. The van der Waals surface area contributed by atoms with Crippen LogP contribution >= 0.6 is 0 Å². The van der Waals surface area contributed by atoms with Crippen molar-refractivity contribution in [3.63, 3.8) is 0 Å². The summed E-state index contributed by atoms with van der Waals surface area (Å²) in [5, 5.41) is 8.76. The van der Waals surface area contributed by atoms with E-state index >= 15 is 0 Å². The fraction of sp³-hybridized carbons (Fsp3) is 0.421. The average Bonchev–Trinajstić information content (AvgIpc) is 3.22. The van der Waals surface area contributed by atoms with Gasteiger partial charge in [-0.2, -0.15) is 5.10 Å². The Morgan fingerprint density at radius 2 is 2.23 bits per heavy atom. The van der Waals surface area contributed by atoms with Crippen molar-refractivity contribution in [2.24, 2.45) is 12.0 Å². The molecule has 0 amide bonds. The monoisotopic (exact) mass is 353 g/mol. The van der Waals surface area contributed by atoms with Crippen LogP contribution in [0.1, 0.15) is 23.9 Å². The van der Waals surface area contributed by atoms with Crippen molar-refractivity contribution >= 4 is 16.9 Å². The molecule has 0 aliphatic rings. The highest BCUT2D eigenvalue weighted by molar-refractivity contribution is 5.86. The summed E-state index contributed by atoms with van der Waals surface area (Å²) in [6.07, 6.45) is 4.58. The summed E-state index contributed by atoms with van der Waals surface area (Å²) in [5.74, 6) is 1.79. The number of guanidine groups is 1. The first-order chi connectivity index (χ1) is 12.6. The lowest BCUT2D eigenvalue weighted by Crippen LogP contribution is -2.39. The molecule has 0 aliphatic carbocycles. The van der Waals surface area contributed by atoms with Crippen molar-refractivity contribution in [3.8, 4) is 0 Å². The van der Waals surface area contributed by atoms with E-state index in [1.165, 1.54) is 22.0 Å². The summed E-state index contributed by atoms with van der Waals surface area (Å²) in [4.78, 5) is 14.5. The molecule has 26 heavy (non-hydrogen) atoms. The van der Waals surface area contributed by atoms with E-state index in [1.807, 2.05) is 14.1 Å². The molecule has 1 aromatic carbocycles. The Labute approximate surface area is 154 Å². The van der Waals surface area contributed by atoms with E-state index in [4.69, 9.17) is 4.99 Å². The molecule has 0 radical (unpaired) electrons. The Kier molecular flexibility index (Phi) is 5.55. The molecule has 7 heteroatoms. The van der Waals surface area contributed by atoms with Crippen molar-refractivity contribution in [1.29, 1.82) is 0 Å². The van der Waals surface area contributed by atoms with Gasteiger partial charge in [-0.05, 0) is 31.4 Å². The van der Waals surface area contributed by atoms with Crippen molar-refractivity contribution in [3.05, 3.63) is 47.7 Å². The van der Waals surface area contributed by atoms with Crippen LogP contribution in [0.25, 0.3) is 10.9 Å². The normalized spacial score (nSPS) is 11.9. The van der Waals surface area contributed by atoms with Gasteiger partial charge >= 0.3 is 0 Å². The van der Waals surface area contributed by atoms with Gasteiger partial charge in [-0.15, -0.1) is 0 Å². The van der Waals surface area contributed by atoms with Crippen LogP contribution in [0.3, 0.4) is 0 Å².